The topological polar surface area (TPSA) is 86.8 Å². The van der Waals surface area contributed by atoms with Crippen LogP contribution in [0.2, 0.25) is 0 Å². The molecule has 2 aliphatic rings. The zero-order valence-corrected chi connectivity index (χ0v) is 18.4. The molecular weight excluding hydrogens is 382 g/mol. The van der Waals surface area contributed by atoms with Crippen molar-refractivity contribution in [2.75, 3.05) is 19.6 Å². The molecule has 0 radical (unpaired) electrons. The van der Waals surface area contributed by atoms with E-state index in [9.17, 15) is 19.2 Å². The van der Waals surface area contributed by atoms with E-state index in [2.05, 4.69) is 5.32 Å². The fraction of sp³-hybridized carbons (Fsp3) is 0.565. The highest BCUT2D eigenvalue weighted by molar-refractivity contribution is 6.22. The smallest absolute Gasteiger partial charge is 0.261 e. The average Bonchev–Trinajstić information content (AvgIpc) is 2.91. The molecule has 0 saturated carbocycles. The minimum atomic E-state index is -0.409. The molecule has 7 nitrogen and oxygen atoms in total. The van der Waals surface area contributed by atoms with Gasteiger partial charge in [-0.1, -0.05) is 34.6 Å². The zero-order valence-electron chi connectivity index (χ0n) is 18.4. The van der Waals surface area contributed by atoms with Gasteiger partial charge < -0.3 is 10.2 Å². The first-order valence-electron chi connectivity index (χ1n) is 10.6. The Balaban J connectivity index is 1.63. The molecule has 1 fully saturated rings. The van der Waals surface area contributed by atoms with Gasteiger partial charge in [0.2, 0.25) is 5.91 Å². The first-order valence-corrected chi connectivity index (χ1v) is 10.6. The largest absolute Gasteiger partial charge is 0.349 e. The number of nitrogens with zero attached hydrogens (tertiary/aromatic N) is 2. The van der Waals surface area contributed by atoms with Crippen LogP contribution < -0.4 is 5.32 Å². The molecule has 3 rings (SSSR count). The third-order valence-corrected chi connectivity index (χ3v) is 5.54. The summed E-state index contributed by atoms with van der Waals surface area (Å²) in [4.78, 5) is 53.3. The van der Waals surface area contributed by atoms with Crippen molar-refractivity contribution in [1.29, 1.82) is 0 Å². The highest BCUT2D eigenvalue weighted by atomic mass is 16.2. The van der Waals surface area contributed by atoms with Crippen LogP contribution in [0, 0.1) is 11.3 Å². The second-order valence-corrected chi connectivity index (χ2v) is 9.67. The average molecular weight is 414 g/mol. The number of imide groups is 1. The van der Waals surface area contributed by atoms with Crippen molar-refractivity contribution in [2.45, 2.75) is 53.5 Å². The number of benzene rings is 1. The standard InChI is InChI=1S/C23H31N3O4/c1-14(2)13-26-20(28)17-7-6-15(12-18(17)21(26)29)19(27)24-16-8-10-25(11-9-16)22(30)23(3,4)5/h6-7,12,14,16H,8-11,13H2,1-5H3,(H,24,27). The van der Waals surface area contributed by atoms with Crippen molar-refractivity contribution in [3.8, 4) is 0 Å². The monoisotopic (exact) mass is 413 g/mol. The fourth-order valence-corrected chi connectivity index (χ4v) is 3.93. The van der Waals surface area contributed by atoms with Crippen LogP contribution in [-0.4, -0.2) is 59.1 Å². The van der Waals surface area contributed by atoms with Crippen LogP contribution in [0.4, 0.5) is 0 Å². The molecule has 1 N–H and O–H groups in total. The van der Waals surface area contributed by atoms with Crippen molar-refractivity contribution < 1.29 is 19.2 Å². The quantitative estimate of drug-likeness (QED) is 0.769. The Morgan fingerprint density at radius 3 is 2.23 bits per heavy atom. The predicted octanol–water partition coefficient (Wildman–Crippen LogP) is 2.71. The molecule has 0 unspecified atom stereocenters. The van der Waals surface area contributed by atoms with E-state index < -0.39 is 5.41 Å². The first kappa shape index (κ1) is 22.0. The SMILES string of the molecule is CC(C)CN1C(=O)c2ccc(C(=O)NC3CCN(C(=O)C(C)(C)C)CC3)cc2C1=O. The van der Waals surface area contributed by atoms with Gasteiger partial charge in [0, 0.05) is 36.7 Å². The molecule has 4 amide bonds. The van der Waals surface area contributed by atoms with Crippen molar-refractivity contribution >= 4 is 23.6 Å². The Bertz CT molecular complexity index is 877. The van der Waals surface area contributed by atoms with E-state index in [1.54, 1.807) is 12.1 Å². The van der Waals surface area contributed by atoms with E-state index in [1.807, 2.05) is 39.5 Å². The third-order valence-electron chi connectivity index (χ3n) is 5.54. The highest BCUT2D eigenvalue weighted by Gasteiger charge is 2.36. The Morgan fingerprint density at radius 2 is 1.67 bits per heavy atom. The lowest BCUT2D eigenvalue weighted by Gasteiger charge is -2.36. The Kier molecular flexibility index (Phi) is 6.01. The number of nitrogens with one attached hydrogen (secondary N) is 1. The van der Waals surface area contributed by atoms with Gasteiger partial charge in [0.1, 0.15) is 0 Å². The zero-order chi connectivity index (χ0) is 22.2. The highest BCUT2D eigenvalue weighted by Crippen LogP contribution is 2.25. The second-order valence-electron chi connectivity index (χ2n) is 9.67. The molecule has 2 aliphatic heterocycles. The van der Waals surface area contributed by atoms with Gasteiger partial charge >= 0.3 is 0 Å². The molecule has 1 aromatic carbocycles. The molecule has 0 atom stereocenters. The van der Waals surface area contributed by atoms with Crippen LogP contribution in [0.5, 0.6) is 0 Å². The summed E-state index contributed by atoms with van der Waals surface area (Å²) >= 11 is 0. The molecule has 0 aliphatic carbocycles. The lowest BCUT2D eigenvalue weighted by molar-refractivity contribution is -0.140. The molecular formula is C23H31N3O4. The van der Waals surface area contributed by atoms with E-state index in [4.69, 9.17) is 0 Å². The molecule has 1 saturated heterocycles. The fourth-order valence-electron chi connectivity index (χ4n) is 3.93. The number of amides is 4. The molecule has 30 heavy (non-hydrogen) atoms. The maximum atomic E-state index is 12.7. The normalized spacial score (nSPS) is 17.5. The summed E-state index contributed by atoms with van der Waals surface area (Å²) in [7, 11) is 0. The number of carbonyl (C=O) groups is 4. The molecule has 0 aromatic heterocycles. The van der Waals surface area contributed by atoms with E-state index in [0.717, 1.165) is 0 Å². The summed E-state index contributed by atoms with van der Waals surface area (Å²) in [6, 6.07) is 4.65. The first-order chi connectivity index (χ1) is 14.0. The van der Waals surface area contributed by atoms with Crippen LogP contribution in [0.15, 0.2) is 18.2 Å². The maximum Gasteiger partial charge on any atom is 0.261 e. The Morgan fingerprint density at radius 1 is 1.07 bits per heavy atom. The summed E-state index contributed by atoms with van der Waals surface area (Å²) in [5.41, 5.74) is 0.605. The van der Waals surface area contributed by atoms with Crippen molar-refractivity contribution in [3.05, 3.63) is 34.9 Å². The third kappa shape index (κ3) is 4.40. The minimum Gasteiger partial charge on any atom is -0.349 e. The number of likely N-dealkylation sites (tertiary alicyclic amines) is 1. The summed E-state index contributed by atoms with van der Waals surface area (Å²) in [6.45, 7) is 11.2. The van der Waals surface area contributed by atoms with Crippen molar-refractivity contribution in [3.63, 3.8) is 0 Å². The molecule has 7 heteroatoms. The molecule has 1 aromatic rings. The number of piperidine rings is 1. The van der Waals surface area contributed by atoms with Gasteiger partial charge in [-0.2, -0.15) is 0 Å². The van der Waals surface area contributed by atoms with E-state index >= 15 is 0 Å². The number of fused-ring (bicyclic) bond motifs is 1. The van der Waals surface area contributed by atoms with Crippen LogP contribution in [0.3, 0.4) is 0 Å². The van der Waals surface area contributed by atoms with Crippen LogP contribution >= 0.6 is 0 Å². The second kappa shape index (κ2) is 8.20. The van der Waals surface area contributed by atoms with Crippen molar-refractivity contribution in [2.24, 2.45) is 11.3 Å². The Hall–Kier alpha value is -2.70. The van der Waals surface area contributed by atoms with E-state index in [0.29, 0.717) is 49.2 Å². The lowest BCUT2D eigenvalue weighted by Crippen LogP contribution is -2.49. The molecule has 0 bridgehead atoms. The van der Waals surface area contributed by atoms with E-state index in [-0.39, 0.29) is 35.6 Å². The van der Waals surface area contributed by atoms with Gasteiger partial charge in [0.15, 0.2) is 0 Å². The Labute approximate surface area is 177 Å². The summed E-state index contributed by atoms with van der Waals surface area (Å²) < 4.78 is 0. The number of hydrogen-bond acceptors (Lipinski definition) is 4. The summed E-state index contributed by atoms with van der Waals surface area (Å²) in [6.07, 6.45) is 1.39. The maximum absolute atomic E-state index is 12.7. The molecule has 0 spiro atoms. The molecule has 2 heterocycles. The van der Waals surface area contributed by atoms with Crippen molar-refractivity contribution in [1.82, 2.24) is 15.1 Å². The minimum absolute atomic E-state index is 0.0236. The van der Waals surface area contributed by atoms with Gasteiger partial charge in [0.25, 0.3) is 17.7 Å². The summed E-state index contributed by atoms with van der Waals surface area (Å²) in [5, 5.41) is 3.01. The van der Waals surface area contributed by atoms with Crippen LogP contribution in [0.1, 0.15) is 78.5 Å². The van der Waals surface area contributed by atoms with Gasteiger partial charge in [-0.15, -0.1) is 0 Å². The number of hydrogen-bond donors (Lipinski definition) is 1. The number of carbonyl (C=O) groups excluding carboxylic acids is 4. The van der Waals surface area contributed by atoms with Crippen LogP contribution in [0.25, 0.3) is 0 Å². The molecule has 162 valence electrons. The van der Waals surface area contributed by atoms with Crippen LogP contribution in [-0.2, 0) is 4.79 Å². The van der Waals surface area contributed by atoms with Gasteiger partial charge in [-0.25, -0.2) is 0 Å². The van der Waals surface area contributed by atoms with Gasteiger partial charge in [-0.3, -0.25) is 24.1 Å². The lowest BCUT2D eigenvalue weighted by atomic mass is 9.93. The predicted molar refractivity (Wildman–Crippen MR) is 113 cm³/mol. The van der Waals surface area contributed by atoms with Gasteiger partial charge in [0.05, 0.1) is 11.1 Å². The number of rotatable bonds is 4. The van der Waals surface area contributed by atoms with E-state index in [1.165, 1.54) is 11.0 Å². The van der Waals surface area contributed by atoms with Gasteiger partial charge in [-0.05, 0) is 37.0 Å². The summed E-state index contributed by atoms with van der Waals surface area (Å²) in [5.74, 6) is -0.606.